The minimum absolute atomic E-state index is 0.0629. The summed E-state index contributed by atoms with van der Waals surface area (Å²) in [4.78, 5) is 12.8. The van der Waals surface area contributed by atoms with E-state index in [0.717, 1.165) is 18.4 Å². The summed E-state index contributed by atoms with van der Waals surface area (Å²) in [6, 6.07) is 9.46. The van der Waals surface area contributed by atoms with Crippen molar-refractivity contribution in [3.05, 3.63) is 52.5 Å². The van der Waals surface area contributed by atoms with Gasteiger partial charge < -0.3 is 14.8 Å². The van der Waals surface area contributed by atoms with Gasteiger partial charge in [0.2, 0.25) is 10.0 Å². The zero-order valence-electron chi connectivity index (χ0n) is 16.3. The highest BCUT2D eigenvalue weighted by molar-refractivity contribution is 7.89. The predicted molar refractivity (Wildman–Crippen MR) is 110 cm³/mol. The number of nitrogens with zero attached hydrogens (tertiary/aromatic N) is 1. The summed E-state index contributed by atoms with van der Waals surface area (Å²) in [5, 5.41) is 2.94. The van der Waals surface area contributed by atoms with Gasteiger partial charge in [0.05, 0.1) is 29.7 Å². The summed E-state index contributed by atoms with van der Waals surface area (Å²) in [5.74, 6) is 0.757. The van der Waals surface area contributed by atoms with E-state index in [1.165, 1.54) is 29.6 Å². The summed E-state index contributed by atoms with van der Waals surface area (Å²) in [7, 11) is -0.550. The molecule has 0 unspecified atom stereocenters. The van der Waals surface area contributed by atoms with Gasteiger partial charge in [-0.1, -0.05) is 11.6 Å². The van der Waals surface area contributed by atoms with E-state index < -0.39 is 15.9 Å². The molecule has 1 fully saturated rings. The summed E-state index contributed by atoms with van der Waals surface area (Å²) < 4.78 is 37.5. The summed E-state index contributed by atoms with van der Waals surface area (Å²) in [6.45, 7) is 1.14. The molecule has 7 nitrogen and oxygen atoms in total. The molecule has 1 saturated heterocycles. The number of hydrogen-bond acceptors (Lipinski definition) is 5. The highest BCUT2D eigenvalue weighted by atomic mass is 35.5. The Kier molecular flexibility index (Phi) is 6.66. The van der Waals surface area contributed by atoms with Crippen LogP contribution in [-0.4, -0.2) is 45.9 Å². The molecule has 3 rings (SSSR count). The van der Waals surface area contributed by atoms with Gasteiger partial charge in [-0.25, -0.2) is 8.42 Å². The lowest BCUT2D eigenvalue weighted by Gasteiger charge is -2.16. The molecule has 9 heteroatoms. The Labute approximate surface area is 175 Å². The predicted octanol–water partition coefficient (Wildman–Crippen LogP) is 3.07. The molecule has 156 valence electrons. The number of carbonyl (C=O) groups is 1. The van der Waals surface area contributed by atoms with Crippen LogP contribution in [0.25, 0.3) is 0 Å². The molecule has 2 aromatic carbocycles. The van der Waals surface area contributed by atoms with Crippen LogP contribution in [-0.2, 0) is 16.6 Å². The van der Waals surface area contributed by atoms with Crippen LogP contribution in [0.5, 0.6) is 11.5 Å². The molecular formula is C20H23ClN2O5S. The van der Waals surface area contributed by atoms with Gasteiger partial charge in [-0.3, -0.25) is 4.79 Å². The zero-order valence-corrected chi connectivity index (χ0v) is 17.8. The molecule has 1 aliphatic heterocycles. The Bertz CT molecular complexity index is 1000. The Morgan fingerprint density at radius 1 is 1.10 bits per heavy atom. The third kappa shape index (κ3) is 4.66. The number of hydrogen-bond donors (Lipinski definition) is 1. The van der Waals surface area contributed by atoms with Crippen molar-refractivity contribution in [3.63, 3.8) is 0 Å². The Morgan fingerprint density at radius 3 is 2.48 bits per heavy atom. The first-order valence-electron chi connectivity index (χ1n) is 9.15. The second-order valence-electron chi connectivity index (χ2n) is 6.61. The minimum atomic E-state index is -3.64. The van der Waals surface area contributed by atoms with Crippen molar-refractivity contribution in [1.29, 1.82) is 0 Å². The van der Waals surface area contributed by atoms with Crippen LogP contribution >= 0.6 is 11.6 Å². The van der Waals surface area contributed by atoms with Gasteiger partial charge in [-0.05, 0) is 49.2 Å². The fourth-order valence-corrected chi connectivity index (χ4v) is 4.95. The maximum Gasteiger partial charge on any atom is 0.253 e. The number of nitrogens with one attached hydrogen (secondary N) is 1. The number of methoxy groups -OCH3 is 2. The number of sulfonamides is 1. The monoisotopic (exact) mass is 438 g/mol. The van der Waals surface area contributed by atoms with E-state index >= 15 is 0 Å². The van der Waals surface area contributed by atoms with E-state index in [2.05, 4.69) is 5.32 Å². The third-order valence-electron chi connectivity index (χ3n) is 4.81. The van der Waals surface area contributed by atoms with Gasteiger partial charge in [0.15, 0.2) is 0 Å². The van der Waals surface area contributed by atoms with Crippen LogP contribution in [0.1, 0.15) is 28.8 Å². The number of rotatable bonds is 7. The quantitative estimate of drug-likeness (QED) is 0.718. The fourth-order valence-electron chi connectivity index (χ4n) is 3.21. The number of amides is 1. The number of ether oxygens (including phenoxy) is 2. The van der Waals surface area contributed by atoms with Crippen molar-refractivity contribution in [2.75, 3.05) is 27.3 Å². The fraction of sp³-hybridized carbons (Fsp3) is 0.350. The first kappa shape index (κ1) is 21.4. The van der Waals surface area contributed by atoms with Gasteiger partial charge in [-0.2, -0.15) is 4.31 Å². The van der Waals surface area contributed by atoms with Gasteiger partial charge in [-0.15, -0.1) is 0 Å². The first-order valence-corrected chi connectivity index (χ1v) is 11.0. The third-order valence-corrected chi connectivity index (χ3v) is 7.04. The molecule has 1 aliphatic rings. The topological polar surface area (TPSA) is 84.9 Å². The van der Waals surface area contributed by atoms with Gasteiger partial charge in [0.25, 0.3) is 5.91 Å². The second kappa shape index (κ2) is 9.02. The van der Waals surface area contributed by atoms with E-state index in [0.29, 0.717) is 24.6 Å². The molecule has 0 radical (unpaired) electrons. The van der Waals surface area contributed by atoms with E-state index in [9.17, 15) is 13.2 Å². The number of carbonyl (C=O) groups excluding carboxylic acids is 1. The molecule has 0 aromatic heterocycles. The van der Waals surface area contributed by atoms with Crippen molar-refractivity contribution in [2.24, 2.45) is 0 Å². The second-order valence-corrected chi connectivity index (χ2v) is 8.96. The minimum Gasteiger partial charge on any atom is -0.497 e. The van der Waals surface area contributed by atoms with Crippen molar-refractivity contribution < 1.29 is 22.7 Å². The van der Waals surface area contributed by atoms with Crippen molar-refractivity contribution >= 4 is 27.5 Å². The molecule has 0 bridgehead atoms. The molecule has 0 saturated carbocycles. The molecule has 1 amide bonds. The average molecular weight is 439 g/mol. The van der Waals surface area contributed by atoms with Gasteiger partial charge in [0.1, 0.15) is 11.5 Å². The number of benzene rings is 2. The number of halogens is 1. The average Bonchev–Trinajstić information content (AvgIpc) is 3.27. The molecule has 1 heterocycles. The van der Waals surface area contributed by atoms with Crippen LogP contribution in [0.2, 0.25) is 5.02 Å². The van der Waals surface area contributed by atoms with Crippen LogP contribution in [0, 0.1) is 0 Å². The highest BCUT2D eigenvalue weighted by Gasteiger charge is 2.28. The van der Waals surface area contributed by atoms with Crippen LogP contribution < -0.4 is 14.8 Å². The van der Waals surface area contributed by atoms with E-state index in [-0.39, 0.29) is 22.0 Å². The zero-order chi connectivity index (χ0) is 21.0. The molecule has 0 spiro atoms. The van der Waals surface area contributed by atoms with Crippen LogP contribution in [0.15, 0.2) is 41.3 Å². The first-order chi connectivity index (χ1) is 13.9. The lowest BCUT2D eigenvalue weighted by atomic mass is 10.1. The molecular weight excluding hydrogens is 416 g/mol. The maximum atomic E-state index is 12.8. The maximum absolute atomic E-state index is 12.8. The van der Waals surface area contributed by atoms with Crippen LogP contribution in [0.4, 0.5) is 0 Å². The summed E-state index contributed by atoms with van der Waals surface area (Å²) in [6.07, 6.45) is 1.67. The summed E-state index contributed by atoms with van der Waals surface area (Å²) >= 11 is 6.17. The molecule has 0 atom stereocenters. The van der Waals surface area contributed by atoms with E-state index in [1.54, 1.807) is 25.3 Å². The Morgan fingerprint density at radius 2 is 1.83 bits per heavy atom. The standard InChI is InChI=1S/C20H23ClN2O5S/c1-27-15-5-8-19(28-2)14(11-15)13-22-20(24)17-12-16(6-7-18(17)21)29(25,26)23-9-3-4-10-23/h5-8,11-12H,3-4,9-10,13H2,1-2H3,(H,22,24). The van der Waals surface area contributed by atoms with Crippen molar-refractivity contribution in [1.82, 2.24) is 9.62 Å². The molecule has 1 N–H and O–H groups in total. The van der Waals surface area contributed by atoms with Gasteiger partial charge >= 0.3 is 0 Å². The van der Waals surface area contributed by atoms with Gasteiger partial charge in [0, 0.05) is 25.2 Å². The van der Waals surface area contributed by atoms with Crippen LogP contribution in [0.3, 0.4) is 0 Å². The normalized spacial score (nSPS) is 14.6. The molecule has 0 aliphatic carbocycles. The smallest absolute Gasteiger partial charge is 0.253 e. The van der Waals surface area contributed by atoms with Crippen molar-refractivity contribution in [2.45, 2.75) is 24.3 Å². The summed E-state index contributed by atoms with van der Waals surface area (Å²) in [5.41, 5.74) is 0.825. The largest absolute Gasteiger partial charge is 0.497 e. The lowest BCUT2D eigenvalue weighted by molar-refractivity contribution is 0.0950. The molecule has 29 heavy (non-hydrogen) atoms. The SMILES string of the molecule is COc1ccc(OC)c(CNC(=O)c2cc(S(=O)(=O)N3CCCC3)ccc2Cl)c1. The Hall–Kier alpha value is -2.29. The van der Waals surface area contributed by atoms with E-state index in [4.69, 9.17) is 21.1 Å². The van der Waals surface area contributed by atoms with Crippen molar-refractivity contribution in [3.8, 4) is 11.5 Å². The van der Waals surface area contributed by atoms with E-state index in [1.807, 2.05) is 0 Å². The lowest BCUT2D eigenvalue weighted by Crippen LogP contribution is -2.28. The highest BCUT2D eigenvalue weighted by Crippen LogP contribution is 2.26. The Balaban J connectivity index is 1.81. The molecule has 2 aromatic rings.